The van der Waals surface area contributed by atoms with Gasteiger partial charge in [0.05, 0.1) is 5.02 Å². The van der Waals surface area contributed by atoms with Gasteiger partial charge in [-0.25, -0.2) is 0 Å². The number of carbonyl (C=O) groups excluding carboxylic acids is 1. The Hall–Kier alpha value is -3.64. The molecule has 29 heavy (non-hydrogen) atoms. The first-order valence-corrected chi connectivity index (χ1v) is 9.21. The number of aromatic nitrogens is 2. The largest absolute Gasteiger partial charge is 0.482 e. The highest BCUT2D eigenvalue weighted by molar-refractivity contribution is 6.32. The third kappa shape index (κ3) is 4.62. The van der Waals surface area contributed by atoms with E-state index >= 15 is 0 Å². The molecule has 0 spiro atoms. The Kier molecular flexibility index (Phi) is 5.54. The Morgan fingerprint density at radius 1 is 0.966 bits per heavy atom. The van der Waals surface area contributed by atoms with Gasteiger partial charge >= 0.3 is 0 Å². The van der Waals surface area contributed by atoms with E-state index in [1.807, 2.05) is 48.5 Å². The van der Waals surface area contributed by atoms with Crippen LogP contribution < -0.4 is 10.1 Å². The van der Waals surface area contributed by atoms with E-state index in [1.54, 1.807) is 24.3 Å². The molecule has 1 amide bonds. The molecule has 0 aliphatic rings. The Labute approximate surface area is 172 Å². The van der Waals surface area contributed by atoms with Gasteiger partial charge in [-0.05, 0) is 41.5 Å². The Balaban J connectivity index is 1.38. The van der Waals surface area contributed by atoms with Crippen molar-refractivity contribution < 1.29 is 13.9 Å². The second kappa shape index (κ2) is 8.58. The molecule has 0 aliphatic carbocycles. The zero-order valence-corrected chi connectivity index (χ0v) is 16.0. The van der Waals surface area contributed by atoms with Crippen LogP contribution in [-0.2, 0) is 4.79 Å². The molecule has 1 N–H and O–H groups in total. The number of hydrogen-bond donors (Lipinski definition) is 1. The van der Waals surface area contributed by atoms with Crippen LogP contribution in [0.4, 0.5) is 5.69 Å². The van der Waals surface area contributed by atoms with Gasteiger partial charge in [0.1, 0.15) is 5.75 Å². The number of nitrogens with one attached hydrogen (secondary N) is 1. The molecule has 144 valence electrons. The summed E-state index contributed by atoms with van der Waals surface area (Å²) in [6.45, 7) is -0.171. The van der Waals surface area contributed by atoms with Gasteiger partial charge in [-0.2, -0.15) is 0 Å². The van der Waals surface area contributed by atoms with E-state index in [-0.39, 0.29) is 12.5 Å². The van der Waals surface area contributed by atoms with Crippen LogP contribution in [0, 0.1) is 0 Å². The van der Waals surface area contributed by atoms with Crippen molar-refractivity contribution in [3.05, 3.63) is 84.2 Å². The molecule has 0 aliphatic heterocycles. The number of rotatable bonds is 6. The molecule has 0 saturated carbocycles. The fraction of sp³-hybridized carbons (Fsp3) is 0.0455. The molecule has 0 unspecified atom stereocenters. The molecule has 0 fully saturated rings. The zero-order valence-electron chi connectivity index (χ0n) is 15.2. The fourth-order valence-electron chi connectivity index (χ4n) is 2.80. The number of halogens is 1. The normalized spacial score (nSPS) is 10.5. The Morgan fingerprint density at radius 2 is 1.79 bits per heavy atom. The van der Waals surface area contributed by atoms with Gasteiger partial charge < -0.3 is 14.5 Å². The molecular formula is C22H16ClN3O3. The van der Waals surface area contributed by atoms with Gasteiger partial charge in [-0.3, -0.25) is 4.79 Å². The molecule has 1 aromatic heterocycles. The van der Waals surface area contributed by atoms with Gasteiger partial charge in [0.2, 0.25) is 12.3 Å². The number of carbonyl (C=O) groups is 1. The summed E-state index contributed by atoms with van der Waals surface area (Å²) in [6, 6.07) is 22.5. The number of benzene rings is 3. The summed E-state index contributed by atoms with van der Waals surface area (Å²) in [5, 5.41) is 10.7. The quantitative estimate of drug-likeness (QED) is 0.484. The number of anilines is 1. The first-order chi connectivity index (χ1) is 14.2. The lowest BCUT2D eigenvalue weighted by Gasteiger charge is -2.10. The van der Waals surface area contributed by atoms with Crippen molar-refractivity contribution in [1.82, 2.24) is 10.2 Å². The maximum Gasteiger partial charge on any atom is 0.262 e. The maximum atomic E-state index is 12.3. The van der Waals surface area contributed by atoms with Gasteiger partial charge in [0.15, 0.2) is 6.61 Å². The van der Waals surface area contributed by atoms with E-state index in [4.69, 9.17) is 20.8 Å². The lowest BCUT2D eigenvalue weighted by molar-refractivity contribution is -0.118. The summed E-state index contributed by atoms with van der Waals surface area (Å²) in [5.41, 5.74) is 3.34. The molecule has 4 rings (SSSR count). The lowest BCUT2D eigenvalue weighted by atomic mass is 10.1. The SMILES string of the molecule is O=C(COc1ccc(-c2ccccc2)cc1Cl)Nc1cccc(-c2nnco2)c1. The van der Waals surface area contributed by atoms with E-state index in [0.29, 0.717) is 27.9 Å². The lowest BCUT2D eigenvalue weighted by Crippen LogP contribution is -2.20. The molecule has 7 heteroatoms. The molecule has 3 aromatic carbocycles. The number of amides is 1. The van der Waals surface area contributed by atoms with Crippen molar-refractivity contribution in [2.24, 2.45) is 0 Å². The van der Waals surface area contributed by atoms with Crippen molar-refractivity contribution in [3.63, 3.8) is 0 Å². The molecule has 4 aromatic rings. The third-order valence-corrected chi connectivity index (χ3v) is 4.45. The summed E-state index contributed by atoms with van der Waals surface area (Å²) in [6.07, 6.45) is 1.25. The summed E-state index contributed by atoms with van der Waals surface area (Å²) >= 11 is 6.32. The smallest absolute Gasteiger partial charge is 0.262 e. The molecule has 6 nitrogen and oxygen atoms in total. The van der Waals surface area contributed by atoms with E-state index in [0.717, 1.165) is 11.1 Å². The van der Waals surface area contributed by atoms with Crippen LogP contribution in [-0.4, -0.2) is 22.7 Å². The monoisotopic (exact) mass is 405 g/mol. The highest BCUT2D eigenvalue weighted by Crippen LogP contribution is 2.30. The fourth-order valence-corrected chi connectivity index (χ4v) is 3.03. The highest BCUT2D eigenvalue weighted by atomic mass is 35.5. The van der Waals surface area contributed by atoms with Crippen LogP contribution in [0.2, 0.25) is 5.02 Å². The second-order valence-electron chi connectivity index (χ2n) is 6.17. The molecular weight excluding hydrogens is 390 g/mol. The van der Waals surface area contributed by atoms with Gasteiger partial charge in [-0.15, -0.1) is 10.2 Å². The van der Waals surface area contributed by atoms with Crippen molar-refractivity contribution in [1.29, 1.82) is 0 Å². The van der Waals surface area contributed by atoms with Crippen LogP contribution in [0.15, 0.2) is 83.6 Å². The van der Waals surface area contributed by atoms with E-state index in [9.17, 15) is 4.79 Å². The molecule has 0 radical (unpaired) electrons. The number of hydrogen-bond acceptors (Lipinski definition) is 5. The predicted octanol–water partition coefficient (Wildman–Crippen LogP) is 5.07. The number of nitrogens with zero attached hydrogens (tertiary/aromatic N) is 2. The molecule has 1 heterocycles. The first-order valence-electron chi connectivity index (χ1n) is 8.83. The van der Waals surface area contributed by atoms with Crippen molar-refractivity contribution >= 4 is 23.2 Å². The Morgan fingerprint density at radius 3 is 2.55 bits per heavy atom. The van der Waals surface area contributed by atoms with E-state index in [1.165, 1.54) is 6.39 Å². The topological polar surface area (TPSA) is 77.2 Å². The molecule has 0 atom stereocenters. The highest BCUT2D eigenvalue weighted by Gasteiger charge is 2.10. The summed E-state index contributed by atoms with van der Waals surface area (Å²) in [4.78, 5) is 12.3. The van der Waals surface area contributed by atoms with Crippen molar-refractivity contribution in [2.75, 3.05) is 11.9 Å². The van der Waals surface area contributed by atoms with Gasteiger partial charge in [0.25, 0.3) is 5.91 Å². The predicted molar refractivity (Wildman–Crippen MR) is 111 cm³/mol. The van der Waals surface area contributed by atoms with Crippen LogP contribution in [0.25, 0.3) is 22.6 Å². The van der Waals surface area contributed by atoms with E-state index < -0.39 is 0 Å². The van der Waals surface area contributed by atoms with Crippen molar-refractivity contribution in [2.45, 2.75) is 0 Å². The zero-order chi connectivity index (χ0) is 20.1. The minimum atomic E-state index is -0.309. The molecule has 0 bridgehead atoms. The van der Waals surface area contributed by atoms with Gasteiger partial charge in [0, 0.05) is 11.3 Å². The average molecular weight is 406 g/mol. The third-order valence-electron chi connectivity index (χ3n) is 4.15. The first kappa shape index (κ1) is 18.7. The summed E-state index contributed by atoms with van der Waals surface area (Å²) < 4.78 is 10.7. The van der Waals surface area contributed by atoms with E-state index in [2.05, 4.69) is 15.5 Å². The summed E-state index contributed by atoms with van der Waals surface area (Å²) in [7, 11) is 0. The molecule has 0 saturated heterocycles. The van der Waals surface area contributed by atoms with Crippen LogP contribution >= 0.6 is 11.6 Å². The average Bonchev–Trinajstić information content (AvgIpc) is 3.29. The van der Waals surface area contributed by atoms with Crippen LogP contribution in [0.3, 0.4) is 0 Å². The Bertz CT molecular complexity index is 1120. The van der Waals surface area contributed by atoms with Crippen LogP contribution in [0.1, 0.15) is 0 Å². The number of ether oxygens (including phenoxy) is 1. The van der Waals surface area contributed by atoms with Crippen LogP contribution in [0.5, 0.6) is 5.75 Å². The summed E-state index contributed by atoms with van der Waals surface area (Å²) in [5.74, 6) is 0.514. The maximum absolute atomic E-state index is 12.3. The van der Waals surface area contributed by atoms with Crippen molar-refractivity contribution in [3.8, 4) is 28.3 Å². The minimum absolute atomic E-state index is 0.171. The van der Waals surface area contributed by atoms with Gasteiger partial charge in [-0.1, -0.05) is 54.1 Å². The standard InChI is InChI=1S/C22H16ClN3O3/c23-19-12-16(15-5-2-1-3-6-15)9-10-20(19)28-13-21(27)25-18-8-4-7-17(11-18)22-26-24-14-29-22/h1-12,14H,13H2,(H,25,27). The second-order valence-corrected chi connectivity index (χ2v) is 6.58. The minimum Gasteiger partial charge on any atom is -0.482 e.